The zero-order valence-corrected chi connectivity index (χ0v) is 10.9. The minimum absolute atomic E-state index is 0.140. The van der Waals surface area contributed by atoms with Crippen LogP contribution in [0.3, 0.4) is 0 Å². The molecule has 0 saturated heterocycles. The van der Waals surface area contributed by atoms with Crippen LogP contribution >= 0.6 is 11.3 Å². The van der Waals surface area contributed by atoms with Crippen LogP contribution in [0.2, 0.25) is 0 Å². The van der Waals surface area contributed by atoms with Gasteiger partial charge in [-0.2, -0.15) is 0 Å². The number of rotatable bonds is 4. The second kappa shape index (κ2) is 5.19. The highest BCUT2D eigenvalue weighted by molar-refractivity contribution is 7.18. The minimum atomic E-state index is -0.140. The Morgan fingerprint density at radius 1 is 1.37 bits per heavy atom. The number of para-hydroxylation sites is 1. The molecule has 0 atom stereocenters. The highest BCUT2D eigenvalue weighted by atomic mass is 32.1. The molecule has 0 bridgehead atoms. The van der Waals surface area contributed by atoms with Crippen molar-refractivity contribution in [1.29, 1.82) is 0 Å². The lowest BCUT2D eigenvalue weighted by Gasteiger charge is -2.00. The molecular formula is C13H12N4OS. The normalized spacial score (nSPS) is 10.7. The van der Waals surface area contributed by atoms with E-state index in [1.54, 1.807) is 11.3 Å². The zero-order valence-electron chi connectivity index (χ0n) is 10.1. The first-order valence-electron chi connectivity index (χ1n) is 5.94. The number of thiazole rings is 1. The summed E-state index contributed by atoms with van der Waals surface area (Å²) in [5, 5.41) is 3.87. The maximum Gasteiger partial charge on any atom is 0.269 e. The average molecular weight is 272 g/mol. The Morgan fingerprint density at radius 3 is 3.05 bits per heavy atom. The fourth-order valence-corrected chi connectivity index (χ4v) is 2.75. The summed E-state index contributed by atoms with van der Waals surface area (Å²) < 4.78 is 1.18. The van der Waals surface area contributed by atoms with Crippen molar-refractivity contribution < 1.29 is 4.79 Å². The number of carbonyl (C=O) groups is 1. The van der Waals surface area contributed by atoms with Gasteiger partial charge < -0.3 is 10.3 Å². The molecule has 3 aromatic rings. The van der Waals surface area contributed by atoms with Gasteiger partial charge in [0.1, 0.15) is 5.69 Å². The lowest BCUT2D eigenvalue weighted by molar-refractivity contribution is 0.0949. The largest absolute Gasteiger partial charge is 0.350 e. The first-order chi connectivity index (χ1) is 9.33. The van der Waals surface area contributed by atoms with Crippen molar-refractivity contribution in [1.82, 2.24) is 20.3 Å². The van der Waals surface area contributed by atoms with Gasteiger partial charge in [-0.3, -0.25) is 4.79 Å². The molecule has 96 valence electrons. The Hall–Kier alpha value is -2.21. The third kappa shape index (κ3) is 2.63. The van der Waals surface area contributed by atoms with Crippen LogP contribution in [-0.4, -0.2) is 27.4 Å². The SMILES string of the molecule is O=C(NCCc1nc2ccccc2s1)c1cnc[nH]1. The van der Waals surface area contributed by atoms with Crippen LogP contribution < -0.4 is 5.32 Å². The van der Waals surface area contributed by atoms with Crippen LogP contribution in [0.15, 0.2) is 36.8 Å². The summed E-state index contributed by atoms with van der Waals surface area (Å²) in [7, 11) is 0. The molecule has 0 fully saturated rings. The highest BCUT2D eigenvalue weighted by Crippen LogP contribution is 2.21. The number of nitrogens with one attached hydrogen (secondary N) is 2. The van der Waals surface area contributed by atoms with Crippen LogP contribution in [-0.2, 0) is 6.42 Å². The van der Waals surface area contributed by atoms with E-state index >= 15 is 0 Å². The Balaban J connectivity index is 1.59. The second-order valence-electron chi connectivity index (χ2n) is 4.05. The topological polar surface area (TPSA) is 70.7 Å². The number of nitrogens with zero attached hydrogens (tertiary/aromatic N) is 2. The van der Waals surface area contributed by atoms with Crippen LogP contribution in [0.25, 0.3) is 10.2 Å². The second-order valence-corrected chi connectivity index (χ2v) is 5.16. The van der Waals surface area contributed by atoms with Gasteiger partial charge >= 0.3 is 0 Å². The standard InChI is InChI=1S/C13H12N4OS/c18-13(10-7-14-8-16-10)15-6-5-12-17-9-3-1-2-4-11(9)19-12/h1-4,7-8H,5-6H2,(H,14,16)(H,15,18). The molecule has 0 aliphatic carbocycles. The van der Waals surface area contributed by atoms with Crippen molar-refractivity contribution in [2.45, 2.75) is 6.42 Å². The van der Waals surface area contributed by atoms with Crippen LogP contribution in [0.5, 0.6) is 0 Å². The monoisotopic (exact) mass is 272 g/mol. The lowest BCUT2D eigenvalue weighted by Crippen LogP contribution is -2.25. The van der Waals surface area contributed by atoms with Crippen molar-refractivity contribution in [2.75, 3.05) is 6.54 Å². The van der Waals surface area contributed by atoms with Crippen molar-refractivity contribution in [3.05, 3.63) is 47.5 Å². The van der Waals surface area contributed by atoms with Crippen molar-refractivity contribution >= 4 is 27.5 Å². The van der Waals surface area contributed by atoms with E-state index in [9.17, 15) is 4.79 Å². The number of hydrogen-bond donors (Lipinski definition) is 2. The van der Waals surface area contributed by atoms with Crippen LogP contribution in [0.1, 0.15) is 15.5 Å². The molecule has 5 nitrogen and oxygen atoms in total. The molecule has 0 spiro atoms. The van der Waals surface area contributed by atoms with E-state index in [-0.39, 0.29) is 5.91 Å². The van der Waals surface area contributed by atoms with Crippen LogP contribution in [0, 0.1) is 0 Å². The number of imidazole rings is 1. The summed E-state index contributed by atoms with van der Waals surface area (Å²) in [6, 6.07) is 8.04. The number of benzene rings is 1. The van der Waals surface area contributed by atoms with E-state index in [0.717, 1.165) is 16.9 Å². The summed E-state index contributed by atoms with van der Waals surface area (Å²) in [5.41, 5.74) is 1.49. The van der Waals surface area contributed by atoms with Gasteiger partial charge in [0.05, 0.1) is 27.7 Å². The molecule has 2 aromatic heterocycles. The molecule has 0 radical (unpaired) electrons. The number of carbonyl (C=O) groups excluding carboxylic acids is 1. The minimum Gasteiger partial charge on any atom is -0.350 e. The van der Waals surface area contributed by atoms with Gasteiger partial charge in [-0.15, -0.1) is 11.3 Å². The smallest absolute Gasteiger partial charge is 0.269 e. The molecule has 0 unspecified atom stereocenters. The molecule has 2 N–H and O–H groups in total. The molecule has 3 rings (SSSR count). The van der Waals surface area contributed by atoms with Gasteiger partial charge in [-0.1, -0.05) is 12.1 Å². The summed E-state index contributed by atoms with van der Waals surface area (Å²) in [5.74, 6) is -0.140. The summed E-state index contributed by atoms with van der Waals surface area (Å²) in [4.78, 5) is 22.8. The first kappa shape index (κ1) is 11.9. The van der Waals surface area contributed by atoms with Gasteiger partial charge in [0, 0.05) is 13.0 Å². The number of hydrogen-bond acceptors (Lipinski definition) is 4. The van der Waals surface area contributed by atoms with Gasteiger partial charge in [0.25, 0.3) is 5.91 Å². The first-order valence-corrected chi connectivity index (χ1v) is 6.75. The van der Waals surface area contributed by atoms with E-state index < -0.39 is 0 Å². The Morgan fingerprint density at radius 2 is 2.26 bits per heavy atom. The maximum absolute atomic E-state index is 11.7. The maximum atomic E-state index is 11.7. The molecule has 1 amide bonds. The summed E-state index contributed by atoms with van der Waals surface area (Å²) >= 11 is 1.66. The van der Waals surface area contributed by atoms with Crippen molar-refractivity contribution in [3.63, 3.8) is 0 Å². The fraction of sp³-hybridized carbons (Fsp3) is 0.154. The van der Waals surface area contributed by atoms with E-state index in [1.165, 1.54) is 17.2 Å². The molecule has 0 aliphatic rings. The van der Waals surface area contributed by atoms with Gasteiger partial charge in [0.2, 0.25) is 0 Å². The number of H-pyrrole nitrogens is 1. The van der Waals surface area contributed by atoms with E-state index in [2.05, 4.69) is 26.3 Å². The van der Waals surface area contributed by atoms with E-state index in [1.807, 2.05) is 18.2 Å². The molecule has 0 saturated carbocycles. The Bertz CT molecular complexity index is 657. The summed E-state index contributed by atoms with van der Waals surface area (Å²) in [6.45, 7) is 0.567. The fourth-order valence-electron chi connectivity index (χ4n) is 1.79. The third-order valence-electron chi connectivity index (χ3n) is 2.71. The molecular weight excluding hydrogens is 260 g/mol. The molecule has 1 aromatic carbocycles. The summed E-state index contributed by atoms with van der Waals surface area (Å²) in [6.07, 6.45) is 3.73. The number of aromatic amines is 1. The number of fused-ring (bicyclic) bond motifs is 1. The predicted octanol–water partition coefficient (Wildman–Crippen LogP) is 1.99. The van der Waals surface area contributed by atoms with Crippen LogP contribution in [0.4, 0.5) is 0 Å². The predicted molar refractivity (Wildman–Crippen MR) is 74.2 cm³/mol. The lowest BCUT2D eigenvalue weighted by atomic mass is 10.3. The quantitative estimate of drug-likeness (QED) is 0.763. The number of amides is 1. The van der Waals surface area contributed by atoms with Crippen molar-refractivity contribution in [3.8, 4) is 0 Å². The van der Waals surface area contributed by atoms with E-state index in [0.29, 0.717) is 12.2 Å². The van der Waals surface area contributed by atoms with Gasteiger partial charge in [-0.25, -0.2) is 9.97 Å². The third-order valence-corrected chi connectivity index (χ3v) is 3.80. The molecule has 19 heavy (non-hydrogen) atoms. The Labute approximate surface area is 113 Å². The van der Waals surface area contributed by atoms with Gasteiger partial charge in [-0.05, 0) is 12.1 Å². The van der Waals surface area contributed by atoms with E-state index in [4.69, 9.17) is 0 Å². The highest BCUT2D eigenvalue weighted by Gasteiger charge is 2.07. The number of aromatic nitrogens is 3. The zero-order chi connectivity index (χ0) is 13.1. The average Bonchev–Trinajstić information content (AvgIpc) is 3.07. The Kier molecular flexibility index (Phi) is 3.24. The molecule has 6 heteroatoms. The molecule has 0 aliphatic heterocycles. The van der Waals surface area contributed by atoms with Gasteiger partial charge in [0.15, 0.2) is 0 Å². The van der Waals surface area contributed by atoms with Crippen molar-refractivity contribution in [2.24, 2.45) is 0 Å². The molecule has 2 heterocycles.